The van der Waals surface area contributed by atoms with Crippen LogP contribution in [0.15, 0.2) is 71.5 Å². The fourth-order valence-electron chi connectivity index (χ4n) is 2.13. The van der Waals surface area contributed by atoms with Crippen LogP contribution in [0.5, 0.6) is 0 Å². The molecule has 0 saturated heterocycles. The summed E-state index contributed by atoms with van der Waals surface area (Å²) in [6.45, 7) is 1.71. The number of nitrogens with zero attached hydrogens (tertiary/aromatic N) is 2. The van der Waals surface area contributed by atoms with Gasteiger partial charge in [-0.2, -0.15) is 0 Å². The molecule has 1 aromatic heterocycles. The van der Waals surface area contributed by atoms with Crippen molar-refractivity contribution in [2.24, 2.45) is 0 Å². The maximum atomic E-state index is 5.16. The summed E-state index contributed by atoms with van der Waals surface area (Å²) < 4.78 is 5.16. The predicted molar refractivity (Wildman–Crippen MR) is 86.9 cm³/mol. The van der Waals surface area contributed by atoms with E-state index >= 15 is 0 Å². The SMILES string of the molecule is C(=C\c1ccc(-c2nnco2)cc1)/CNCc1ccccc1. The molecule has 22 heavy (non-hydrogen) atoms. The lowest BCUT2D eigenvalue weighted by atomic mass is 10.1. The first-order chi connectivity index (χ1) is 10.9. The molecule has 4 heteroatoms. The van der Waals surface area contributed by atoms with Crippen LogP contribution in [0.2, 0.25) is 0 Å². The van der Waals surface area contributed by atoms with Crippen LogP contribution in [0.4, 0.5) is 0 Å². The van der Waals surface area contributed by atoms with Gasteiger partial charge in [-0.15, -0.1) is 10.2 Å². The van der Waals surface area contributed by atoms with E-state index in [9.17, 15) is 0 Å². The monoisotopic (exact) mass is 291 g/mol. The van der Waals surface area contributed by atoms with Crippen LogP contribution in [0.3, 0.4) is 0 Å². The van der Waals surface area contributed by atoms with Gasteiger partial charge in [0.25, 0.3) is 0 Å². The number of aromatic nitrogens is 2. The Morgan fingerprint density at radius 1 is 1.00 bits per heavy atom. The molecule has 1 N–H and O–H groups in total. The van der Waals surface area contributed by atoms with Crippen molar-refractivity contribution in [3.8, 4) is 11.5 Å². The zero-order valence-electron chi connectivity index (χ0n) is 12.1. The average molecular weight is 291 g/mol. The zero-order valence-corrected chi connectivity index (χ0v) is 12.1. The molecule has 110 valence electrons. The van der Waals surface area contributed by atoms with Crippen LogP contribution in [0, 0.1) is 0 Å². The van der Waals surface area contributed by atoms with Crippen molar-refractivity contribution in [2.75, 3.05) is 6.54 Å². The molecule has 0 bridgehead atoms. The number of nitrogens with one attached hydrogen (secondary N) is 1. The van der Waals surface area contributed by atoms with Gasteiger partial charge in [-0.1, -0.05) is 54.6 Å². The molecular weight excluding hydrogens is 274 g/mol. The third-order valence-electron chi connectivity index (χ3n) is 3.26. The van der Waals surface area contributed by atoms with E-state index in [1.165, 1.54) is 12.0 Å². The largest absolute Gasteiger partial charge is 0.423 e. The Morgan fingerprint density at radius 2 is 1.82 bits per heavy atom. The Hall–Kier alpha value is -2.72. The molecule has 0 radical (unpaired) electrons. The molecule has 0 amide bonds. The highest BCUT2D eigenvalue weighted by Crippen LogP contribution is 2.17. The van der Waals surface area contributed by atoms with Crippen molar-refractivity contribution in [3.05, 3.63) is 78.2 Å². The van der Waals surface area contributed by atoms with E-state index in [1.807, 2.05) is 30.3 Å². The standard InChI is InChI=1S/C18H17N3O/c1-2-5-16(6-3-1)13-19-12-4-7-15-8-10-17(11-9-15)18-21-20-14-22-18/h1-11,14,19H,12-13H2/b7-4+. The molecule has 4 nitrogen and oxygen atoms in total. The highest BCUT2D eigenvalue weighted by Gasteiger charge is 2.01. The van der Waals surface area contributed by atoms with Crippen molar-refractivity contribution in [1.82, 2.24) is 15.5 Å². The topological polar surface area (TPSA) is 51.0 Å². The van der Waals surface area contributed by atoms with Gasteiger partial charge < -0.3 is 9.73 Å². The second-order valence-electron chi connectivity index (χ2n) is 4.88. The number of rotatable bonds is 6. The number of hydrogen-bond acceptors (Lipinski definition) is 4. The predicted octanol–water partition coefficient (Wildman–Crippen LogP) is 3.54. The van der Waals surface area contributed by atoms with Gasteiger partial charge in [0.15, 0.2) is 0 Å². The smallest absolute Gasteiger partial charge is 0.247 e. The summed E-state index contributed by atoms with van der Waals surface area (Å²) in [5.74, 6) is 0.542. The minimum Gasteiger partial charge on any atom is -0.423 e. The lowest BCUT2D eigenvalue weighted by Gasteiger charge is -2.01. The van der Waals surface area contributed by atoms with E-state index < -0.39 is 0 Å². The summed E-state index contributed by atoms with van der Waals surface area (Å²) >= 11 is 0. The van der Waals surface area contributed by atoms with Gasteiger partial charge in [-0.3, -0.25) is 0 Å². The summed E-state index contributed by atoms with van der Waals surface area (Å²) in [7, 11) is 0. The van der Waals surface area contributed by atoms with E-state index in [1.54, 1.807) is 0 Å². The fraction of sp³-hybridized carbons (Fsp3) is 0.111. The van der Waals surface area contributed by atoms with Crippen LogP contribution in [0.25, 0.3) is 17.5 Å². The quantitative estimate of drug-likeness (QED) is 0.706. The Morgan fingerprint density at radius 3 is 2.55 bits per heavy atom. The van der Waals surface area contributed by atoms with Gasteiger partial charge >= 0.3 is 0 Å². The van der Waals surface area contributed by atoms with Crippen molar-refractivity contribution in [2.45, 2.75) is 6.54 Å². The molecule has 0 atom stereocenters. The molecule has 2 aromatic carbocycles. The first-order valence-electron chi connectivity index (χ1n) is 7.19. The fourth-order valence-corrected chi connectivity index (χ4v) is 2.13. The molecule has 0 aliphatic heterocycles. The second-order valence-corrected chi connectivity index (χ2v) is 4.88. The Kier molecular flexibility index (Phi) is 4.74. The minimum atomic E-state index is 0.542. The summed E-state index contributed by atoms with van der Waals surface area (Å²) in [5.41, 5.74) is 3.36. The van der Waals surface area contributed by atoms with Crippen molar-refractivity contribution in [3.63, 3.8) is 0 Å². The second kappa shape index (κ2) is 7.33. The van der Waals surface area contributed by atoms with Gasteiger partial charge in [-0.25, -0.2) is 0 Å². The maximum absolute atomic E-state index is 5.16. The van der Waals surface area contributed by atoms with Crippen molar-refractivity contribution in [1.29, 1.82) is 0 Å². The van der Waals surface area contributed by atoms with Crippen LogP contribution in [0.1, 0.15) is 11.1 Å². The number of hydrogen-bond donors (Lipinski definition) is 1. The van der Waals surface area contributed by atoms with Gasteiger partial charge in [-0.05, 0) is 23.3 Å². The minimum absolute atomic E-state index is 0.542. The Bertz CT molecular complexity index is 704. The van der Waals surface area contributed by atoms with Crippen molar-refractivity contribution < 1.29 is 4.42 Å². The first kappa shape index (κ1) is 14.2. The molecule has 0 aliphatic rings. The highest BCUT2D eigenvalue weighted by molar-refractivity contribution is 5.58. The lowest BCUT2D eigenvalue weighted by molar-refractivity contribution is 0.568. The molecule has 3 aromatic rings. The van der Waals surface area contributed by atoms with E-state index in [-0.39, 0.29) is 0 Å². The van der Waals surface area contributed by atoms with Gasteiger partial charge in [0, 0.05) is 18.7 Å². The molecule has 0 saturated carbocycles. The molecule has 0 unspecified atom stereocenters. The van der Waals surface area contributed by atoms with Crippen LogP contribution >= 0.6 is 0 Å². The van der Waals surface area contributed by atoms with Gasteiger partial charge in [0.05, 0.1) is 0 Å². The lowest BCUT2D eigenvalue weighted by Crippen LogP contribution is -2.12. The van der Waals surface area contributed by atoms with Crippen molar-refractivity contribution >= 4 is 6.08 Å². The Labute approximate surface area is 129 Å². The van der Waals surface area contributed by atoms with Crippen LogP contribution < -0.4 is 5.32 Å². The third-order valence-corrected chi connectivity index (χ3v) is 3.26. The molecule has 3 rings (SSSR count). The maximum Gasteiger partial charge on any atom is 0.247 e. The summed E-state index contributed by atoms with van der Waals surface area (Å²) in [4.78, 5) is 0. The molecule has 1 heterocycles. The average Bonchev–Trinajstić information content (AvgIpc) is 3.11. The molecule has 0 aliphatic carbocycles. The summed E-state index contributed by atoms with van der Waals surface area (Å²) in [6.07, 6.45) is 5.54. The first-order valence-corrected chi connectivity index (χ1v) is 7.19. The Balaban J connectivity index is 1.48. The summed E-state index contributed by atoms with van der Waals surface area (Å²) in [5, 5.41) is 10.9. The summed E-state index contributed by atoms with van der Waals surface area (Å²) in [6, 6.07) is 18.4. The highest BCUT2D eigenvalue weighted by atomic mass is 16.4. The third kappa shape index (κ3) is 3.90. The van der Waals surface area contributed by atoms with E-state index in [0.717, 1.165) is 24.2 Å². The number of benzene rings is 2. The van der Waals surface area contributed by atoms with E-state index in [2.05, 4.69) is 51.9 Å². The van der Waals surface area contributed by atoms with Gasteiger partial charge in [0.1, 0.15) is 0 Å². The zero-order chi connectivity index (χ0) is 15.0. The molecular formula is C18H17N3O. The van der Waals surface area contributed by atoms with E-state index in [4.69, 9.17) is 4.42 Å². The van der Waals surface area contributed by atoms with Crippen LogP contribution in [-0.2, 0) is 6.54 Å². The normalized spacial score (nSPS) is 11.1. The van der Waals surface area contributed by atoms with Crippen LogP contribution in [-0.4, -0.2) is 16.7 Å². The molecule has 0 fully saturated rings. The van der Waals surface area contributed by atoms with Gasteiger partial charge in [0.2, 0.25) is 12.3 Å². The van der Waals surface area contributed by atoms with E-state index in [0.29, 0.717) is 5.89 Å². The molecule has 0 spiro atoms.